The number of allylic oxidation sites excluding steroid dienone is 2. The number of aliphatic imine (C=N–C) groups is 1. The molecule has 0 saturated heterocycles. The summed E-state index contributed by atoms with van der Waals surface area (Å²) >= 11 is 3.34. The highest BCUT2D eigenvalue weighted by atomic mass is 79.9. The van der Waals surface area contributed by atoms with Crippen molar-refractivity contribution in [3.8, 4) is 0 Å². The van der Waals surface area contributed by atoms with Crippen molar-refractivity contribution in [3.05, 3.63) is 11.8 Å². The van der Waals surface area contributed by atoms with Crippen LogP contribution in [0.25, 0.3) is 0 Å². The second-order valence-electron chi connectivity index (χ2n) is 1.78. The van der Waals surface area contributed by atoms with Gasteiger partial charge in [-0.25, -0.2) is 0 Å². The van der Waals surface area contributed by atoms with Gasteiger partial charge >= 0.3 is 0 Å². The van der Waals surface area contributed by atoms with Gasteiger partial charge in [0.05, 0.1) is 10.5 Å². The minimum Gasteiger partial charge on any atom is -0.296 e. The zero-order valence-electron chi connectivity index (χ0n) is 4.75. The van der Waals surface area contributed by atoms with Gasteiger partial charge in [-0.1, -0.05) is 22.0 Å². The summed E-state index contributed by atoms with van der Waals surface area (Å²) in [4.78, 5) is 14.2. The molecule has 0 N–H and O–H groups in total. The summed E-state index contributed by atoms with van der Waals surface area (Å²) in [5.41, 5.74) is 0.533. The van der Waals surface area contributed by atoms with Crippen LogP contribution in [0.2, 0.25) is 0 Å². The van der Waals surface area contributed by atoms with Crippen molar-refractivity contribution in [1.82, 2.24) is 0 Å². The van der Waals surface area contributed by atoms with Crippen LogP contribution < -0.4 is 0 Å². The largest absolute Gasteiger partial charge is 0.296 e. The molecule has 0 aromatic rings. The molecule has 0 radical (unpaired) electrons. The Morgan fingerprint density at radius 2 is 2.67 bits per heavy atom. The number of carbonyl (C=O) groups excluding carboxylic acids is 1. The minimum atomic E-state index is 0.307. The molecule has 0 aromatic heterocycles. The van der Waals surface area contributed by atoms with Gasteiger partial charge in [0.1, 0.15) is 0 Å². The normalized spacial score (nSPS) is 25.4. The molecular weight excluding hydrogens is 182 g/mol. The number of aldehydes is 1. The lowest BCUT2D eigenvalue weighted by atomic mass is 10.2. The average Bonchev–Trinajstić information content (AvgIpc) is 1.90. The maximum atomic E-state index is 10.1. The van der Waals surface area contributed by atoms with E-state index in [4.69, 9.17) is 0 Å². The number of halogens is 1. The van der Waals surface area contributed by atoms with E-state index in [1.165, 1.54) is 0 Å². The third kappa shape index (κ3) is 1.75. The zero-order chi connectivity index (χ0) is 6.69. The van der Waals surface area contributed by atoms with Gasteiger partial charge in [-0.15, -0.1) is 0 Å². The first-order chi connectivity index (χ1) is 4.33. The van der Waals surface area contributed by atoms with E-state index in [1.54, 1.807) is 6.21 Å². The molecule has 2 nitrogen and oxygen atoms in total. The van der Waals surface area contributed by atoms with Crippen molar-refractivity contribution in [2.24, 2.45) is 4.99 Å². The molecule has 0 spiro atoms. The number of alkyl halides is 1. The van der Waals surface area contributed by atoms with Gasteiger partial charge in [-0.3, -0.25) is 9.79 Å². The fourth-order valence-electron chi connectivity index (χ4n) is 0.592. The molecular formula is C6H6BrNO. The predicted molar refractivity (Wildman–Crippen MR) is 40.0 cm³/mol. The molecule has 1 aliphatic heterocycles. The van der Waals surface area contributed by atoms with Gasteiger partial charge in [0.15, 0.2) is 6.29 Å². The van der Waals surface area contributed by atoms with E-state index < -0.39 is 0 Å². The second-order valence-corrected chi connectivity index (χ2v) is 2.95. The topological polar surface area (TPSA) is 29.4 Å². The van der Waals surface area contributed by atoms with Crippen LogP contribution in [0.5, 0.6) is 0 Å². The van der Waals surface area contributed by atoms with Crippen LogP contribution in [0.1, 0.15) is 6.42 Å². The van der Waals surface area contributed by atoms with Crippen molar-refractivity contribution < 1.29 is 4.79 Å². The Hall–Kier alpha value is -0.440. The third-order valence-electron chi connectivity index (χ3n) is 1.06. The highest BCUT2D eigenvalue weighted by molar-refractivity contribution is 9.09. The van der Waals surface area contributed by atoms with E-state index >= 15 is 0 Å². The monoisotopic (exact) mass is 187 g/mol. The Morgan fingerprint density at radius 1 is 1.89 bits per heavy atom. The summed E-state index contributed by atoms with van der Waals surface area (Å²) in [5.74, 6) is 0. The Balaban J connectivity index is 2.62. The second kappa shape index (κ2) is 2.92. The fourth-order valence-corrected chi connectivity index (χ4v) is 0.898. The summed E-state index contributed by atoms with van der Waals surface area (Å²) in [6, 6.07) is 0. The lowest BCUT2D eigenvalue weighted by Crippen LogP contribution is -2.02. The lowest BCUT2D eigenvalue weighted by Gasteiger charge is -2.03. The van der Waals surface area contributed by atoms with Gasteiger partial charge in [0.25, 0.3) is 0 Å². The molecule has 1 atom stereocenters. The van der Waals surface area contributed by atoms with Crippen molar-refractivity contribution >= 4 is 28.4 Å². The van der Waals surface area contributed by atoms with Gasteiger partial charge < -0.3 is 0 Å². The number of rotatable bonds is 1. The Bertz CT molecular complexity index is 174. The molecule has 0 saturated carbocycles. The SMILES string of the molecule is O=CC1=CCC(Br)C=N1. The quantitative estimate of drug-likeness (QED) is 0.450. The first-order valence-electron chi connectivity index (χ1n) is 2.66. The van der Waals surface area contributed by atoms with Crippen molar-refractivity contribution in [1.29, 1.82) is 0 Å². The van der Waals surface area contributed by atoms with Crippen LogP contribution in [-0.2, 0) is 4.79 Å². The highest BCUT2D eigenvalue weighted by Gasteiger charge is 2.03. The Labute approximate surface area is 61.8 Å². The molecule has 0 fully saturated rings. The minimum absolute atomic E-state index is 0.307. The molecule has 3 heteroatoms. The smallest absolute Gasteiger partial charge is 0.168 e. The maximum Gasteiger partial charge on any atom is 0.168 e. The molecule has 48 valence electrons. The number of hydrogen-bond acceptors (Lipinski definition) is 2. The van der Waals surface area contributed by atoms with E-state index in [9.17, 15) is 4.79 Å². The predicted octanol–water partition coefficient (Wildman–Crippen LogP) is 1.31. The van der Waals surface area contributed by atoms with E-state index in [1.807, 2.05) is 6.08 Å². The third-order valence-corrected chi connectivity index (χ3v) is 1.67. The summed E-state index contributed by atoms with van der Waals surface area (Å²) in [6.45, 7) is 0. The van der Waals surface area contributed by atoms with Crippen molar-refractivity contribution in [2.45, 2.75) is 11.2 Å². The molecule has 9 heavy (non-hydrogen) atoms. The number of carbonyl (C=O) groups is 1. The standard InChI is InChI=1S/C6H6BrNO/c7-5-1-2-6(4-9)8-3-5/h2-5H,1H2. The van der Waals surface area contributed by atoms with Gasteiger partial charge in [0.2, 0.25) is 0 Å². The molecule has 0 aromatic carbocycles. The van der Waals surface area contributed by atoms with E-state index in [0.717, 1.165) is 12.7 Å². The van der Waals surface area contributed by atoms with Crippen LogP contribution in [0.3, 0.4) is 0 Å². The van der Waals surface area contributed by atoms with Crippen LogP contribution in [0, 0.1) is 0 Å². The summed E-state index contributed by atoms with van der Waals surface area (Å²) < 4.78 is 0. The van der Waals surface area contributed by atoms with Crippen LogP contribution in [-0.4, -0.2) is 17.3 Å². The Morgan fingerprint density at radius 3 is 3.11 bits per heavy atom. The Kier molecular flexibility index (Phi) is 2.16. The first-order valence-corrected chi connectivity index (χ1v) is 3.58. The molecule has 1 heterocycles. The molecule has 1 aliphatic rings. The average molecular weight is 188 g/mol. The number of nitrogens with zero attached hydrogens (tertiary/aromatic N) is 1. The molecule has 0 bridgehead atoms. The lowest BCUT2D eigenvalue weighted by molar-refractivity contribution is -0.104. The molecule has 0 amide bonds. The van der Waals surface area contributed by atoms with E-state index in [0.29, 0.717) is 10.5 Å². The van der Waals surface area contributed by atoms with Gasteiger partial charge in [0, 0.05) is 6.21 Å². The maximum absolute atomic E-state index is 10.1. The molecule has 1 unspecified atom stereocenters. The first kappa shape index (κ1) is 6.68. The summed E-state index contributed by atoms with van der Waals surface area (Å²) in [5, 5.41) is 0. The molecule has 0 aliphatic carbocycles. The van der Waals surface area contributed by atoms with E-state index in [2.05, 4.69) is 20.9 Å². The summed E-state index contributed by atoms with van der Waals surface area (Å²) in [6.07, 6.45) is 5.16. The zero-order valence-corrected chi connectivity index (χ0v) is 6.34. The van der Waals surface area contributed by atoms with Gasteiger partial charge in [-0.2, -0.15) is 0 Å². The highest BCUT2D eigenvalue weighted by Crippen LogP contribution is 2.10. The van der Waals surface area contributed by atoms with Crippen LogP contribution in [0.15, 0.2) is 16.8 Å². The number of hydrogen-bond donors (Lipinski definition) is 0. The van der Waals surface area contributed by atoms with Gasteiger partial charge in [-0.05, 0) is 6.42 Å². The van der Waals surface area contributed by atoms with Crippen LogP contribution in [0.4, 0.5) is 0 Å². The fraction of sp³-hybridized carbons (Fsp3) is 0.333. The van der Waals surface area contributed by atoms with Crippen molar-refractivity contribution in [3.63, 3.8) is 0 Å². The van der Waals surface area contributed by atoms with Crippen LogP contribution >= 0.6 is 15.9 Å². The molecule has 1 rings (SSSR count). The van der Waals surface area contributed by atoms with E-state index in [-0.39, 0.29) is 0 Å². The van der Waals surface area contributed by atoms with Crippen molar-refractivity contribution in [2.75, 3.05) is 0 Å². The summed E-state index contributed by atoms with van der Waals surface area (Å²) in [7, 11) is 0.